The number of rotatable bonds is 8. The fourth-order valence-corrected chi connectivity index (χ4v) is 4.56. The van der Waals surface area contributed by atoms with E-state index in [0.717, 1.165) is 11.3 Å². The van der Waals surface area contributed by atoms with Gasteiger partial charge in [0.05, 0.1) is 22.8 Å². The van der Waals surface area contributed by atoms with E-state index in [1.54, 1.807) is 17.0 Å². The van der Waals surface area contributed by atoms with Gasteiger partial charge in [0.1, 0.15) is 0 Å². The van der Waals surface area contributed by atoms with E-state index in [0.29, 0.717) is 34.1 Å². The maximum Gasteiger partial charge on any atom is 0.240 e. The Hall–Kier alpha value is -2.53. The summed E-state index contributed by atoms with van der Waals surface area (Å²) < 4.78 is 1.92. The van der Waals surface area contributed by atoms with Gasteiger partial charge in [0.15, 0.2) is 11.0 Å². The molecular formula is C22H21Cl2N5OS. The van der Waals surface area contributed by atoms with Crippen molar-refractivity contribution in [3.05, 3.63) is 58.6 Å². The summed E-state index contributed by atoms with van der Waals surface area (Å²) in [4.78, 5) is 14.9. The number of anilines is 1. The average molecular weight is 474 g/mol. The van der Waals surface area contributed by atoms with Crippen molar-refractivity contribution in [1.29, 1.82) is 5.26 Å². The summed E-state index contributed by atoms with van der Waals surface area (Å²) in [7, 11) is 0. The van der Waals surface area contributed by atoms with E-state index in [2.05, 4.69) is 16.3 Å². The molecule has 0 saturated heterocycles. The van der Waals surface area contributed by atoms with Crippen LogP contribution >= 0.6 is 35.0 Å². The standard InChI is InChI=1S/C22H21Cl2N5OS/c1-3-28-20(18-11-10-16(23)14-19(18)24)26-27-22(28)31-15(2)21(30)29(13-7-12-25)17-8-5-4-6-9-17/h4-6,8-11,14-15H,3,7,13H2,1-2H3/t15-/m1/s1. The Bertz CT molecular complexity index is 1100. The van der Waals surface area contributed by atoms with Gasteiger partial charge in [-0.2, -0.15) is 5.26 Å². The third kappa shape index (κ3) is 5.40. The number of halogens is 2. The van der Waals surface area contributed by atoms with Crippen molar-refractivity contribution in [2.45, 2.75) is 37.2 Å². The molecule has 2 aromatic carbocycles. The number of aromatic nitrogens is 3. The molecule has 1 aromatic heterocycles. The molecule has 6 nitrogen and oxygen atoms in total. The van der Waals surface area contributed by atoms with E-state index in [9.17, 15) is 4.79 Å². The van der Waals surface area contributed by atoms with Crippen LogP contribution in [-0.2, 0) is 11.3 Å². The number of carbonyl (C=O) groups is 1. The molecule has 31 heavy (non-hydrogen) atoms. The van der Waals surface area contributed by atoms with E-state index < -0.39 is 5.25 Å². The summed E-state index contributed by atoms with van der Waals surface area (Å²) in [5.74, 6) is 0.527. The van der Waals surface area contributed by atoms with Gasteiger partial charge in [-0.25, -0.2) is 0 Å². The van der Waals surface area contributed by atoms with Crippen LogP contribution in [0.3, 0.4) is 0 Å². The van der Waals surface area contributed by atoms with Gasteiger partial charge in [-0.05, 0) is 44.2 Å². The van der Waals surface area contributed by atoms with Crippen LogP contribution in [0.1, 0.15) is 20.3 Å². The van der Waals surface area contributed by atoms with Crippen LogP contribution in [0.15, 0.2) is 53.7 Å². The predicted octanol–water partition coefficient (Wildman–Crippen LogP) is 5.70. The lowest BCUT2D eigenvalue weighted by Gasteiger charge is -2.24. The van der Waals surface area contributed by atoms with Crippen LogP contribution in [0, 0.1) is 11.3 Å². The maximum atomic E-state index is 13.2. The van der Waals surface area contributed by atoms with E-state index in [1.807, 2.05) is 54.8 Å². The second-order valence-corrected chi connectivity index (χ2v) is 8.82. The summed E-state index contributed by atoms with van der Waals surface area (Å²) in [5, 5.41) is 18.8. The molecule has 1 atom stereocenters. The van der Waals surface area contributed by atoms with Crippen LogP contribution in [-0.4, -0.2) is 32.5 Å². The normalized spacial score (nSPS) is 11.7. The molecule has 0 bridgehead atoms. The minimum atomic E-state index is -0.429. The molecule has 0 aliphatic carbocycles. The van der Waals surface area contributed by atoms with Crippen LogP contribution < -0.4 is 4.90 Å². The first-order chi connectivity index (χ1) is 15.0. The highest BCUT2D eigenvalue weighted by Gasteiger charge is 2.25. The molecule has 0 spiro atoms. The van der Waals surface area contributed by atoms with Gasteiger partial charge in [-0.1, -0.05) is 53.2 Å². The van der Waals surface area contributed by atoms with Crippen molar-refractivity contribution in [2.24, 2.45) is 0 Å². The monoisotopic (exact) mass is 473 g/mol. The number of nitrogens with zero attached hydrogens (tertiary/aromatic N) is 5. The predicted molar refractivity (Wildman–Crippen MR) is 125 cm³/mol. The second kappa shape index (κ2) is 10.7. The summed E-state index contributed by atoms with van der Waals surface area (Å²) in [6.45, 7) is 4.76. The SMILES string of the molecule is CCn1c(S[C@H](C)C(=O)N(CCC#N)c2ccccc2)nnc1-c1ccc(Cl)cc1Cl. The number of thioether (sulfide) groups is 1. The van der Waals surface area contributed by atoms with Gasteiger partial charge in [0, 0.05) is 29.4 Å². The van der Waals surface area contributed by atoms with Gasteiger partial charge in [-0.15, -0.1) is 10.2 Å². The van der Waals surface area contributed by atoms with Crippen molar-refractivity contribution in [3.8, 4) is 17.5 Å². The molecule has 0 fully saturated rings. The summed E-state index contributed by atoms with van der Waals surface area (Å²) in [6, 6.07) is 16.7. The minimum absolute atomic E-state index is 0.0943. The maximum absolute atomic E-state index is 13.2. The van der Waals surface area contributed by atoms with Gasteiger partial charge in [-0.3, -0.25) is 4.79 Å². The Balaban J connectivity index is 1.85. The third-order valence-corrected chi connectivity index (χ3v) is 6.23. The van der Waals surface area contributed by atoms with Crippen molar-refractivity contribution in [2.75, 3.05) is 11.4 Å². The van der Waals surface area contributed by atoms with E-state index in [-0.39, 0.29) is 12.3 Å². The molecule has 3 rings (SSSR count). The Kier molecular flexibility index (Phi) is 7.97. The molecule has 3 aromatic rings. The molecule has 0 aliphatic heterocycles. The first-order valence-corrected chi connectivity index (χ1v) is 11.4. The Morgan fingerprint density at radius 1 is 1.23 bits per heavy atom. The zero-order valence-corrected chi connectivity index (χ0v) is 19.5. The molecular weight excluding hydrogens is 453 g/mol. The molecule has 1 heterocycles. The third-order valence-electron chi connectivity index (χ3n) is 4.62. The first kappa shape index (κ1) is 23.1. The van der Waals surface area contributed by atoms with Crippen molar-refractivity contribution in [1.82, 2.24) is 14.8 Å². The number of hydrogen-bond acceptors (Lipinski definition) is 5. The number of para-hydroxylation sites is 1. The number of amides is 1. The van der Waals surface area contributed by atoms with Gasteiger partial charge >= 0.3 is 0 Å². The topological polar surface area (TPSA) is 74.8 Å². The zero-order chi connectivity index (χ0) is 22.4. The van der Waals surface area contributed by atoms with E-state index in [1.165, 1.54) is 11.8 Å². The Labute approximate surface area is 195 Å². The van der Waals surface area contributed by atoms with Crippen LogP contribution in [0.2, 0.25) is 10.0 Å². The lowest BCUT2D eigenvalue weighted by molar-refractivity contribution is -0.117. The lowest BCUT2D eigenvalue weighted by atomic mass is 10.2. The van der Waals surface area contributed by atoms with Crippen molar-refractivity contribution < 1.29 is 4.79 Å². The van der Waals surface area contributed by atoms with Gasteiger partial charge in [0.2, 0.25) is 5.91 Å². The first-order valence-electron chi connectivity index (χ1n) is 9.75. The molecule has 0 N–H and O–H groups in total. The molecule has 1 amide bonds. The van der Waals surface area contributed by atoms with E-state index in [4.69, 9.17) is 28.5 Å². The highest BCUT2D eigenvalue weighted by molar-refractivity contribution is 8.00. The molecule has 0 aliphatic rings. The zero-order valence-electron chi connectivity index (χ0n) is 17.1. The smallest absolute Gasteiger partial charge is 0.240 e. The van der Waals surface area contributed by atoms with Crippen molar-refractivity contribution in [3.63, 3.8) is 0 Å². The molecule has 0 saturated carbocycles. The van der Waals surface area contributed by atoms with Gasteiger partial charge < -0.3 is 9.47 Å². The lowest BCUT2D eigenvalue weighted by Crippen LogP contribution is -2.37. The van der Waals surface area contributed by atoms with Crippen LogP contribution in [0.4, 0.5) is 5.69 Å². The quantitative estimate of drug-likeness (QED) is 0.392. The molecule has 0 radical (unpaired) electrons. The minimum Gasteiger partial charge on any atom is -0.310 e. The van der Waals surface area contributed by atoms with Crippen LogP contribution in [0.25, 0.3) is 11.4 Å². The fraction of sp³-hybridized carbons (Fsp3) is 0.273. The fourth-order valence-electron chi connectivity index (χ4n) is 3.10. The van der Waals surface area contributed by atoms with Gasteiger partial charge in [0.25, 0.3) is 0 Å². The second-order valence-electron chi connectivity index (χ2n) is 6.67. The van der Waals surface area contributed by atoms with Crippen LogP contribution in [0.5, 0.6) is 0 Å². The largest absolute Gasteiger partial charge is 0.310 e. The molecule has 0 unspecified atom stereocenters. The molecule has 9 heteroatoms. The summed E-state index contributed by atoms with van der Waals surface area (Å²) in [5.41, 5.74) is 1.49. The number of nitriles is 1. The highest BCUT2D eigenvalue weighted by atomic mass is 35.5. The Morgan fingerprint density at radius 2 is 1.97 bits per heavy atom. The van der Waals surface area contributed by atoms with Crippen molar-refractivity contribution >= 4 is 46.6 Å². The average Bonchev–Trinajstić information content (AvgIpc) is 3.16. The Morgan fingerprint density at radius 3 is 2.61 bits per heavy atom. The molecule has 160 valence electrons. The number of benzene rings is 2. The number of hydrogen-bond donors (Lipinski definition) is 0. The van der Waals surface area contributed by atoms with E-state index >= 15 is 0 Å². The highest BCUT2D eigenvalue weighted by Crippen LogP contribution is 2.33. The summed E-state index contributed by atoms with van der Waals surface area (Å²) in [6.07, 6.45) is 0.252. The summed E-state index contributed by atoms with van der Waals surface area (Å²) >= 11 is 13.7. The number of carbonyl (C=O) groups excluding carboxylic acids is 1.